The van der Waals surface area contributed by atoms with E-state index >= 15 is 0 Å². The van der Waals surface area contributed by atoms with E-state index in [0.29, 0.717) is 31.9 Å². The van der Waals surface area contributed by atoms with Crippen LogP contribution < -0.4 is 10.1 Å². The highest BCUT2D eigenvalue weighted by molar-refractivity contribution is 9.10. The molecule has 1 aliphatic rings. The Morgan fingerprint density at radius 2 is 1.71 bits per heavy atom. The van der Waals surface area contributed by atoms with Gasteiger partial charge in [0.2, 0.25) is 0 Å². The molecule has 0 aliphatic carbocycles. The van der Waals surface area contributed by atoms with Crippen LogP contribution in [0.3, 0.4) is 0 Å². The van der Waals surface area contributed by atoms with Crippen LogP contribution in [0.5, 0.6) is 5.75 Å². The van der Waals surface area contributed by atoms with Gasteiger partial charge >= 0.3 is 0 Å². The van der Waals surface area contributed by atoms with Gasteiger partial charge in [0.05, 0.1) is 20.3 Å². The van der Waals surface area contributed by atoms with E-state index < -0.39 is 0 Å². The van der Waals surface area contributed by atoms with Gasteiger partial charge in [-0.25, -0.2) is 0 Å². The lowest BCUT2D eigenvalue weighted by Crippen LogP contribution is -2.44. The molecule has 6 nitrogen and oxygen atoms in total. The van der Waals surface area contributed by atoms with Gasteiger partial charge in [-0.2, -0.15) is 0 Å². The van der Waals surface area contributed by atoms with Gasteiger partial charge in [-0.05, 0) is 48.0 Å². The second-order valence-electron chi connectivity index (χ2n) is 6.20. The average Bonchev–Trinajstić information content (AvgIpc) is 2.74. The Bertz CT molecular complexity index is 857. The van der Waals surface area contributed by atoms with Gasteiger partial charge in [0.25, 0.3) is 11.8 Å². The molecule has 1 fully saturated rings. The molecular formula is C21H21BrN2O4. The second kappa shape index (κ2) is 9.52. The number of halogens is 1. The van der Waals surface area contributed by atoms with Crippen molar-refractivity contribution in [1.82, 2.24) is 10.2 Å². The first-order valence-electron chi connectivity index (χ1n) is 8.86. The summed E-state index contributed by atoms with van der Waals surface area (Å²) < 4.78 is 11.4. The topological polar surface area (TPSA) is 67.9 Å². The van der Waals surface area contributed by atoms with Gasteiger partial charge < -0.3 is 19.7 Å². The summed E-state index contributed by atoms with van der Waals surface area (Å²) >= 11 is 3.35. The lowest BCUT2D eigenvalue weighted by atomic mass is 10.1. The minimum Gasteiger partial charge on any atom is -0.497 e. The molecule has 0 atom stereocenters. The Labute approximate surface area is 172 Å². The lowest BCUT2D eigenvalue weighted by molar-refractivity contribution is -0.131. The smallest absolute Gasteiger partial charge is 0.270 e. The lowest BCUT2D eigenvalue weighted by Gasteiger charge is -2.27. The van der Waals surface area contributed by atoms with Crippen molar-refractivity contribution in [3.63, 3.8) is 0 Å². The molecule has 7 heteroatoms. The zero-order chi connectivity index (χ0) is 19.9. The fourth-order valence-corrected chi connectivity index (χ4v) is 3.01. The monoisotopic (exact) mass is 444 g/mol. The molecule has 0 spiro atoms. The van der Waals surface area contributed by atoms with Crippen LogP contribution in [0, 0.1) is 0 Å². The van der Waals surface area contributed by atoms with Crippen LogP contribution in [0.25, 0.3) is 6.08 Å². The maximum atomic E-state index is 13.0. The summed E-state index contributed by atoms with van der Waals surface area (Å²) in [5.41, 5.74) is 1.48. The molecule has 0 aromatic heterocycles. The first-order chi connectivity index (χ1) is 13.6. The predicted molar refractivity (Wildman–Crippen MR) is 110 cm³/mol. The fraction of sp³-hybridized carbons (Fsp3) is 0.238. The van der Waals surface area contributed by atoms with E-state index in [-0.39, 0.29) is 17.5 Å². The average molecular weight is 445 g/mol. The summed E-state index contributed by atoms with van der Waals surface area (Å²) in [5.74, 6) is 0.149. The van der Waals surface area contributed by atoms with E-state index in [1.54, 1.807) is 54.5 Å². The maximum Gasteiger partial charge on any atom is 0.270 e. The molecule has 1 heterocycles. The van der Waals surface area contributed by atoms with Gasteiger partial charge in [0.1, 0.15) is 11.4 Å². The van der Waals surface area contributed by atoms with E-state index in [1.165, 1.54) is 0 Å². The molecule has 28 heavy (non-hydrogen) atoms. The molecule has 1 aliphatic heterocycles. The maximum absolute atomic E-state index is 13.0. The van der Waals surface area contributed by atoms with Crippen molar-refractivity contribution in [2.45, 2.75) is 0 Å². The van der Waals surface area contributed by atoms with Crippen LogP contribution in [0.2, 0.25) is 0 Å². The summed E-state index contributed by atoms with van der Waals surface area (Å²) in [6, 6.07) is 14.2. The SMILES string of the molecule is COc1ccc(/C=C(\NC(=O)c2ccc(Br)cc2)C(=O)N2CCOCC2)cc1. The number of ether oxygens (including phenoxy) is 2. The summed E-state index contributed by atoms with van der Waals surface area (Å²) in [6.45, 7) is 1.96. The van der Waals surface area contributed by atoms with Gasteiger partial charge in [-0.1, -0.05) is 28.1 Å². The number of nitrogens with one attached hydrogen (secondary N) is 1. The van der Waals surface area contributed by atoms with Crippen molar-refractivity contribution >= 4 is 33.8 Å². The standard InChI is InChI=1S/C21H21BrN2O4/c1-27-18-8-2-15(3-9-18)14-19(21(26)24-10-12-28-13-11-24)23-20(25)16-4-6-17(22)7-5-16/h2-9,14H,10-13H2,1H3,(H,23,25)/b19-14-. The van der Waals surface area contributed by atoms with Gasteiger partial charge in [0, 0.05) is 23.1 Å². The van der Waals surface area contributed by atoms with Crippen molar-refractivity contribution in [2.24, 2.45) is 0 Å². The number of hydrogen-bond acceptors (Lipinski definition) is 4. The second-order valence-corrected chi connectivity index (χ2v) is 7.11. The molecule has 1 saturated heterocycles. The van der Waals surface area contributed by atoms with E-state index in [9.17, 15) is 9.59 Å². The highest BCUT2D eigenvalue weighted by Gasteiger charge is 2.22. The number of nitrogens with zero attached hydrogens (tertiary/aromatic N) is 1. The largest absolute Gasteiger partial charge is 0.497 e. The molecule has 2 aromatic rings. The van der Waals surface area contributed by atoms with E-state index in [2.05, 4.69) is 21.2 Å². The van der Waals surface area contributed by atoms with Gasteiger partial charge in [-0.15, -0.1) is 0 Å². The molecule has 3 rings (SSSR count). The zero-order valence-corrected chi connectivity index (χ0v) is 17.1. The third-order valence-electron chi connectivity index (χ3n) is 4.31. The van der Waals surface area contributed by atoms with E-state index in [0.717, 1.165) is 15.8 Å². The molecular weight excluding hydrogens is 424 g/mol. The number of morpholine rings is 1. The van der Waals surface area contributed by atoms with Crippen molar-refractivity contribution < 1.29 is 19.1 Å². The fourth-order valence-electron chi connectivity index (χ4n) is 2.75. The minimum absolute atomic E-state index is 0.222. The van der Waals surface area contributed by atoms with Crippen molar-refractivity contribution in [1.29, 1.82) is 0 Å². The molecule has 1 N–H and O–H groups in total. The molecule has 0 bridgehead atoms. The Kier molecular flexibility index (Phi) is 6.84. The van der Waals surface area contributed by atoms with Crippen LogP contribution in [0.15, 0.2) is 58.7 Å². The van der Waals surface area contributed by atoms with E-state index in [4.69, 9.17) is 9.47 Å². The Morgan fingerprint density at radius 3 is 2.32 bits per heavy atom. The number of methoxy groups -OCH3 is 1. The number of carbonyl (C=O) groups excluding carboxylic acids is 2. The summed E-state index contributed by atoms with van der Waals surface area (Å²) in [6.07, 6.45) is 1.67. The van der Waals surface area contributed by atoms with Crippen LogP contribution in [0.4, 0.5) is 0 Å². The van der Waals surface area contributed by atoms with Crippen LogP contribution in [0.1, 0.15) is 15.9 Å². The third-order valence-corrected chi connectivity index (χ3v) is 4.84. The Morgan fingerprint density at radius 1 is 1.07 bits per heavy atom. The van der Waals surface area contributed by atoms with Crippen molar-refractivity contribution in [2.75, 3.05) is 33.4 Å². The quantitative estimate of drug-likeness (QED) is 0.719. The first kappa shape index (κ1) is 20.1. The zero-order valence-electron chi connectivity index (χ0n) is 15.5. The summed E-state index contributed by atoms with van der Waals surface area (Å²) in [5, 5.41) is 2.77. The van der Waals surface area contributed by atoms with Crippen molar-refractivity contribution in [3.8, 4) is 5.75 Å². The third kappa shape index (κ3) is 5.21. The molecule has 0 radical (unpaired) electrons. The Hall–Kier alpha value is -2.64. The van der Waals surface area contributed by atoms with Crippen LogP contribution in [-0.4, -0.2) is 50.1 Å². The number of amides is 2. The van der Waals surface area contributed by atoms with Crippen molar-refractivity contribution in [3.05, 3.63) is 69.8 Å². The number of hydrogen-bond donors (Lipinski definition) is 1. The van der Waals surface area contributed by atoms with Crippen LogP contribution in [-0.2, 0) is 9.53 Å². The highest BCUT2D eigenvalue weighted by Crippen LogP contribution is 2.16. The molecule has 2 amide bonds. The number of rotatable bonds is 5. The minimum atomic E-state index is -0.339. The highest BCUT2D eigenvalue weighted by atomic mass is 79.9. The number of carbonyl (C=O) groups is 2. The predicted octanol–water partition coefficient (Wildman–Crippen LogP) is 3.09. The summed E-state index contributed by atoms with van der Waals surface area (Å²) in [7, 11) is 1.59. The van der Waals surface area contributed by atoms with E-state index in [1.807, 2.05) is 12.1 Å². The summed E-state index contributed by atoms with van der Waals surface area (Å²) in [4.78, 5) is 27.3. The normalized spacial score (nSPS) is 14.5. The number of benzene rings is 2. The molecule has 146 valence electrons. The molecule has 2 aromatic carbocycles. The van der Waals surface area contributed by atoms with Gasteiger partial charge in [-0.3, -0.25) is 9.59 Å². The molecule has 0 unspecified atom stereocenters. The first-order valence-corrected chi connectivity index (χ1v) is 9.66. The van der Waals surface area contributed by atoms with Gasteiger partial charge in [0.15, 0.2) is 0 Å². The Balaban J connectivity index is 1.86. The van der Waals surface area contributed by atoms with Crippen LogP contribution >= 0.6 is 15.9 Å². The molecule has 0 saturated carbocycles.